The average molecular weight is 239 g/mol. The number of benzene rings is 1. The number of nitrogens with one attached hydrogen (secondary N) is 1. The molecule has 66 valence electrons. The van der Waals surface area contributed by atoms with Crippen LogP contribution in [0.3, 0.4) is 0 Å². The van der Waals surface area contributed by atoms with Crippen LogP contribution in [0.5, 0.6) is 0 Å². The van der Waals surface area contributed by atoms with Crippen LogP contribution in [0.15, 0.2) is 34.0 Å². The highest BCUT2D eigenvalue weighted by molar-refractivity contribution is 9.10. The Morgan fingerprint density at radius 3 is 3.08 bits per heavy atom. The Hall–Kier alpha value is -1.29. The lowest BCUT2D eigenvalue weighted by molar-refractivity contribution is 0.322. The first-order valence-electron chi connectivity index (χ1n) is 3.75. The third kappa shape index (κ3) is 1.45. The molecule has 4 heteroatoms. The highest BCUT2D eigenvalue weighted by Crippen LogP contribution is 2.21. The molecule has 0 fully saturated rings. The van der Waals surface area contributed by atoms with Crippen LogP contribution in [0.2, 0.25) is 0 Å². The Bertz CT molecular complexity index is 462. The molecule has 0 aliphatic carbocycles. The molecule has 0 atom stereocenters. The normalized spacial score (nSPS) is 11.5. The monoisotopic (exact) mass is 238 g/mol. The molecule has 0 saturated carbocycles. The van der Waals surface area contributed by atoms with E-state index in [1.165, 1.54) is 6.21 Å². The van der Waals surface area contributed by atoms with Gasteiger partial charge in [0.05, 0.1) is 6.21 Å². The fraction of sp³-hybridized carbons (Fsp3) is 0. The summed E-state index contributed by atoms with van der Waals surface area (Å²) in [6.45, 7) is 0. The standard InChI is InChI=1S/C9H7BrN2O/c10-7-1-2-8-6(5-12-13)4-11-9(8)3-7/h1-5,11,13H. The molecular weight excluding hydrogens is 232 g/mol. The van der Waals surface area contributed by atoms with Gasteiger partial charge in [-0.05, 0) is 12.1 Å². The van der Waals surface area contributed by atoms with Gasteiger partial charge in [0.15, 0.2) is 0 Å². The van der Waals surface area contributed by atoms with Crippen LogP contribution in [-0.2, 0) is 0 Å². The van der Waals surface area contributed by atoms with Crippen molar-refractivity contribution >= 4 is 33.0 Å². The van der Waals surface area contributed by atoms with Crippen molar-refractivity contribution in [1.29, 1.82) is 0 Å². The number of aromatic amines is 1. The van der Waals surface area contributed by atoms with E-state index in [1.807, 2.05) is 18.2 Å². The SMILES string of the molecule is ON=Cc1c[nH]c2cc(Br)ccc12. The van der Waals surface area contributed by atoms with Crippen molar-refractivity contribution in [3.63, 3.8) is 0 Å². The van der Waals surface area contributed by atoms with Gasteiger partial charge in [-0.25, -0.2) is 0 Å². The maximum absolute atomic E-state index is 8.40. The number of nitrogens with zero attached hydrogens (tertiary/aromatic N) is 1. The molecule has 2 rings (SSSR count). The van der Waals surface area contributed by atoms with Gasteiger partial charge >= 0.3 is 0 Å². The van der Waals surface area contributed by atoms with Gasteiger partial charge in [-0.1, -0.05) is 27.2 Å². The fourth-order valence-corrected chi connectivity index (χ4v) is 1.65. The third-order valence-corrected chi connectivity index (χ3v) is 2.37. The van der Waals surface area contributed by atoms with Crippen molar-refractivity contribution in [2.75, 3.05) is 0 Å². The molecule has 0 radical (unpaired) electrons. The molecule has 0 aliphatic heterocycles. The maximum Gasteiger partial charge on any atom is 0.0755 e. The number of H-pyrrole nitrogens is 1. The lowest BCUT2D eigenvalue weighted by atomic mass is 10.2. The first kappa shape index (κ1) is 8.31. The van der Waals surface area contributed by atoms with Crippen LogP contribution in [0.4, 0.5) is 0 Å². The number of rotatable bonds is 1. The van der Waals surface area contributed by atoms with Crippen molar-refractivity contribution in [1.82, 2.24) is 4.98 Å². The summed E-state index contributed by atoms with van der Waals surface area (Å²) in [7, 11) is 0. The van der Waals surface area contributed by atoms with E-state index in [-0.39, 0.29) is 0 Å². The lowest BCUT2D eigenvalue weighted by Crippen LogP contribution is -1.76. The minimum atomic E-state index is 0.880. The van der Waals surface area contributed by atoms with E-state index in [0.717, 1.165) is 20.9 Å². The summed E-state index contributed by atoms with van der Waals surface area (Å²) in [6.07, 6.45) is 3.21. The first-order chi connectivity index (χ1) is 6.31. The highest BCUT2D eigenvalue weighted by Gasteiger charge is 2.00. The first-order valence-corrected chi connectivity index (χ1v) is 4.54. The number of aromatic nitrogens is 1. The lowest BCUT2D eigenvalue weighted by Gasteiger charge is -1.91. The van der Waals surface area contributed by atoms with Crippen LogP contribution in [0.1, 0.15) is 5.56 Å². The molecule has 3 nitrogen and oxygen atoms in total. The zero-order valence-corrected chi connectivity index (χ0v) is 8.25. The van der Waals surface area contributed by atoms with Crippen molar-refractivity contribution in [2.45, 2.75) is 0 Å². The molecule has 1 aromatic heterocycles. The molecule has 1 heterocycles. The Balaban J connectivity index is 2.68. The zero-order valence-electron chi connectivity index (χ0n) is 6.66. The van der Waals surface area contributed by atoms with E-state index in [9.17, 15) is 0 Å². The van der Waals surface area contributed by atoms with Crippen LogP contribution in [0, 0.1) is 0 Å². The summed E-state index contributed by atoms with van der Waals surface area (Å²) in [5.41, 5.74) is 1.90. The maximum atomic E-state index is 8.40. The van der Waals surface area contributed by atoms with E-state index in [1.54, 1.807) is 6.20 Å². The van der Waals surface area contributed by atoms with Crippen LogP contribution in [0.25, 0.3) is 10.9 Å². The van der Waals surface area contributed by atoms with Crippen LogP contribution >= 0.6 is 15.9 Å². The van der Waals surface area contributed by atoms with Gasteiger partial charge in [-0.15, -0.1) is 0 Å². The molecule has 0 saturated heterocycles. The van der Waals surface area contributed by atoms with Crippen LogP contribution < -0.4 is 0 Å². The number of hydrogen-bond donors (Lipinski definition) is 2. The summed E-state index contributed by atoms with van der Waals surface area (Å²) in [6, 6.07) is 5.89. The van der Waals surface area contributed by atoms with Gasteiger partial charge in [0.2, 0.25) is 0 Å². The van der Waals surface area contributed by atoms with E-state index >= 15 is 0 Å². The molecular formula is C9H7BrN2O. The molecule has 0 aliphatic rings. The Labute approximate surface area is 83.2 Å². The Morgan fingerprint density at radius 1 is 1.46 bits per heavy atom. The van der Waals surface area contributed by atoms with Gasteiger partial charge in [-0.3, -0.25) is 0 Å². The molecule has 0 bridgehead atoms. The second-order valence-electron chi connectivity index (χ2n) is 2.68. The van der Waals surface area contributed by atoms with E-state index < -0.39 is 0 Å². The van der Waals surface area contributed by atoms with Crippen molar-refractivity contribution < 1.29 is 5.21 Å². The number of oxime groups is 1. The van der Waals surface area contributed by atoms with Crippen molar-refractivity contribution in [3.8, 4) is 0 Å². The number of halogens is 1. The predicted octanol–water partition coefficient (Wildman–Crippen LogP) is 2.74. The van der Waals surface area contributed by atoms with Gasteiger partial charge in [0.1, 0.15) is 0 Å². The highest BCUT2D eigenvalue weighted by atomic mass is 79.9. The molecule has 2 aromatic rings. The number of fused-ring (bicyclic) bond motifs is 1. The fourth-order valence-electron chi connectivity index (χ4n) is 1.29. The molecule has 0 unspecified atom stereocenters. The average Bonchev–Trinajstić information content (AvgIpc) is 2.49. The third-order valence-electron chi connectivity index (χ3n) is 1.87. The summed E-state index contributed by atoms with van der Waals surface area (Å²) in [4.78, 5) is 3.08. The molecule has 0 amide bonds. The molecule has 0 spiro atoms. The van der Waals surface area contributed by atoms with Gasteiger partial charge in [0, 0.05) is 27.1 Å². The smallest absolute Gasteiger partial charge is 0.0755 e. The Morgan fingerprint density at radius 2 is 2.31 bits per heavy atom. The van der Waals surface area contributed by atoms with E-state index in [2.05, 4.69) is 26.1 Å². The zero-order chi connectivity index (χ0) is 9.26. The van der Waals surface area contributed by atoms with E-state index in [4.69, 9.17) is 5.21 Å². The minimum absolute atomic E-state index is 0.880. The topological polar surface area (TPSA) is 48.4 Å². The quantitative estimate of drug-likeness (QED) is 0.448. The largest absolute Gasteiger partial charge is 0.411 e. The van der Waals surface area contributed by atoms with Gasteiger partial charge < -0.3 is 10.2 Å². The van der Waals surface area contributed by atoms with Crippen molar-refractivity contribution in [2.24, 2.45) is 5.16 Å². The summed E-state index contributed by atoms with van der Waals surface area (Å²) in [5.74, 6) is 0. The molecule has 1 aromatic carbocycles. The molecule has 13 heavy (non-hydrogen) atoms. The van der Waals surface area contributed by atoms with Crippen LogP contribution in [-0.4, -0.2) is 16.4 Å². The second-order valence-corrected chi connectivity index (χ2v) is 3.59. The van der Waals surface area contributed by atoms with Gasteiger partial charge in [-0.2, -0.15) is 0 Å². The predicted molar refractivity (Wildman–Crippen MR) is 55.4 cm³/mol. The Kier molecular flexibility index (Phi) is 2.06. The van der Waals surface area contributed by atoms with E-state index in [0.29, 0.717) is 0 Å². The molecule has 2 N–H and O–H groups in total. The van der Waals surface area contributed by atoms with Gasteiger partial charge in [0.25, 0.3) is 0 Å². The van der Waals surface area contributed by atoms with Crippen molar-refractivity contribution in [3.05, 3.63) is 34.4 Å². The second kappa shape index (κ2) is 3.22. The number of hydrogen-bond acceptors (Lipinski definition) is 2. The minimum Gasteiger partial charge on any atom is -0.411 e. The summed E-state index contributed by atoms with van der Waals surface area (Å²) < 4.78 is 1.02. The summed E-state index contributed by atoms with van der Waals surface area (Å²) >= 11 is 3.38. The summed E-state index contributed by atoms with van der Waals surface area (Å²) in [5, 5.41) is 12.4.